The van der Waals surface area contributed by atoms with Gasteiger partial charge in [0.2, 0.25) is 5.91 Å². The van der Waals surface area contributed by atoms with E-state index in [1.165, 1.54) is 0 Å². The highest BCUT2D eigenvalue weighted by Crippen LogP contribution is 2.18. The molecule has 7 heteroatoms. The van der Waals surface area contributed by atoms with E-state index in [2.05, 4.69) is 15.4 Å². The molecule has 90 valence electrons. The molecule has 18 heavy (non-hydrogen) atoms. The highest BCUT2D eigenvalue weighted by Gasteiger charge is 2.24. The predicted octanol–water partition coefficient (Wildman–Crippen LogP) is 0.813. The molecule has 1 aliphatic rings. The third-order valence-corrected chi connectivity index (χ3v) is 2.80. The van der Waals surface area contributed by atoms with Crippen molar-refractivity contribution in [2.45, 2.75) is 6.42 Å². The van der Waals surface area contributed by atoms with E-state index >= 15 is 0 Å². The van der Waals surface area contributed by atoms with Crippen LogP contribution < -0.4 is 5.32 Å². The number of hydrogen-bond acceptors (Lipinski definition) is 4. The molecule has 0 aromatic carbocycles. The summed E-state index contributed by atoms with van der Waals surface area (Å²) < 4.78 is 1.55. The van der Waals surface area contributed by atoms with Gasteiger partial charge in [-0.15, -0.1) is 0 Å². The van der Waals surface area contributed by atoms with Gasteiger partial charge in [-0.25, -0.2) is 9.50 Å². The summed E-state index contributed by atoms with van der Waals surface area (Å²) in [6.07, 6.45) is 4.93. The number of hydrogen-bond donors (Lipinski definition) is 1. The van der Waals surface area contributed by atoms with Crippen LogP contribution in [0.5, 0.6) is 0 Å². The lowest BCUT2D eigenvalue weighted by atomic mass is 10.1. The highest BCUT2D eigenvalue weighted by atomic mass is 35.5. The number of imide groups is 1. The number of nitrogens with zero attached hydrogens (tertiary/aromatic N) is 3. The second-order valence-corrected chi connectivity index (χ2v) is 4.23. The number of carbonyl (C=O) groups excluding carboxylic acids is 2. The number of halogens is 1. The summed E-state index contributed by atoms with van der Waals surface area (Å²) in [7, 11) is 0. The Balaban J connectivity index is 2.10. The van der Waals surface area contributed by atoms with Gasteiger partial charge in [0.1, 0.15) is 5.15 Å². The zero-order valence-electron chi connectivity index (χ0n) is 9.05. The monoisotopic (exact) mass is 262 g/mol. The fourth-order valence-corrected chi connectivity index (χ4v) is 1.91. The third-order valence-electron chi connectivity index (χ3n) is 2.59. The lowest BCUT2D eigenvalue weighted by Crippen LogP contribution is -2.19. The van der Waals surface area contributed by atoms with Crippen LogP contribution >= 0.6 is 11.6 Å². The molecule has 1 N–H and O–H groups in total. The average Bonchev–Trinajstić information content (AvgIpc) is 2.84. The first-order valence-electron chi connectivity index (χ1n) is 5.18. The largest absolute Gasteiger partial charge is 0.292 e. The van der Waals surface area contributed by atoms with Gasteiger partial charge < -0.3 is 0 Å². The number of carbonyl (C=O) groups is 2. The van der Waals surface area contributed by atoms with Gasteiger partial charge in [0.25, 0.3) is 5.91 Å². The molecule has 3 rings (SSSR count). The maximum atomic E-state index is 11.4. The number of rotatable bonds is 1. The lowest BCUT2D eigenvalue weighted by Gasteiger charge is -1.95. The van der Waals surface area contributed by atoms with Gasteiger partial charge in [0, 0.05) is 17.3 Å². The standard InChI is InChI=1S/C11H7ClN4O2/c12-8-1-2-16-10(14-8)7(5-13-16)3-6-4-9(17)15-11(6)18/h1-3,5H,4H2,(H,15,17,18). The Morgan fingerprint density at radius 3 is 3.00 bits per heavy atom. The normalized spacial score (nSPS) is 17.7. The topological polar surface area (TPSA) is 76.4 Å². The van der Waals surface area contributed by atoms with Crippen molar-refractivity contribution in [3.8, 4) is 0 Å². The number of nitrogens with one attached hydrogen (secondary N) is 1. The first-order valence-corrected chi connectivity index (χ1v) is 5.56. The minimum atomic E-state index is -0.374. The summed E-state index contributed by atoms with van der Waals surface area (Å²) in [5.74, 6) is -0.671. The molecule has 6 nitrogen and oxygen atoms in total. The highest BCUT2D eigenvalue weighted by molar-refractivity contribution is 6.29. The van der Waals surface area contributed by atoms with Crippen molar-refractivity contribution >= 4 is 35.1 Å². The van der Waals surface area contributed by atoms with E-state index in [1.807, 2.05) is 0 Å². The smallest absolute Gasteiger partial charge is 0.254 e. The van der Waals surface area contributed by atoms with E-state index < -0.39 is 0 Å². The van der Waals surface area contributed by atoms with Crippen LogP contribution in [0.4, 0.5) is 0 Å². The second-order valence-electron chi connectivity index (χ2n) is 3.84. The molecular weight excluding hydrogens is 256 g/mol. The Hall–Kier alpha value is -2.21. The van der Waals surface area contributed by atoms with Crippen molar-refractivity contribution in [3.63, 3.8) is 0 Å². The number of fused-ring (bicyclic) bond motifs is 1. The van der Waals surface area contributed by atoms with E-state index in [0.717, 1.165) is 0 Å². The Bertz CT molecular complexity index is 704. The minimum Gasteiger partial charge on any atom is -0.292 e. The zero-order chi connectivity index (χ0) is 12.7. The molecule has 0 atom stereocenters. The van der Waals surface area contributed by atoms with Crippen molar-refractivity contribution in [2.24, 2.45) is 0 Å². The molecule has 0 radical (unpaired) electrons. The summed E-state index contributed by atoms with van der Waals surface area (Å²) in [5.41, 5.74) is 1.59. The van der Waals surface area contributed by atoms with Crippen LogP contribution in [0.1, 0.15) is 12.0 Å². The lowest BCUT2D eigenvalue weighted by molar-refractivity contribution is -0.124. The van der Waals surface area contributed by atoms with Crippen molar-refractivity contribution in [1.82, 2.24) is 19.9 Å². The van der Waals surface area contributed by atoms with Crippen molar-refractivity contribution in [2.75, 3.05) is 0 Å². The molecule has 0 spiro atoms. The van der Waals surface area contributed by atoms with E-state index in [4.69, 9.17) is 11.6 Å². The molecule has 0 aliphatic carbocycles. The predicted molar refractivity (Wildman–Crippen MR) is 63.7 cm³/mol. The minimum absolute atomic E-state index is 0.0801. The average molecular weight is 263 g/mol. The van der Waals surface area contributed by atoms with Gasteiger partial charge in [0.15, 0.2) is 5.65 Å². The molecule has 0 bridgehead atoms. The quantitative estimate of drug-likeness (QED) is 0.469. The van der Waals surface area contributed by atoms with Crippen molar-refractivity contribution < 1.29 is 9.59 Å². The summed E-state index contributed by atoms with van der Waals surface area (Å²) >= 11 is 5.81. The summed E-state index contributed by atoms with van der Waals surface area (Å²) in [6, 6.07) is 1.62. The Labute approximate surface area is 106 Å². The molecule has 0 saturated carbocycles. The summed E-state index contributed by atoms with van der Waals surface area (Å²) in [5, 5.41) is 6.64. The van der Waals surface area contributed by atoms with Crippen LogP contribution in [0.15, 0.2) is 24.0 Å². The molecule has 1 saturated heterocycles. The Kier molecular flexibility index (Phi) is 2.38. The molecule has 3 heterocycles. The van der Waals surface area contributed by atoms with Gasteiger partial charge in [-0.2, -0.15) is 5.10 Å². The van der Waals surface area contributed by atoms with Crippen molar-refractivity contribution in [3.05, 3.63) is 34.7 Å². The molecule has 1 aliphatic heterocycles. The van der Waals surface area contributed by atoms with Crippen LogP contribution in [-0.4, -0.2) is 26.4 Å². The van der Waals surface area contributed by atoms with Crippen molar-refractivity contribution in [1.29, 1.82) is 0 Å². The molecule has 0 unspecified atom stereocenters. The first kappa shape index (κ1) is 10.9. The summed E-state index contributed by atoms with van der Waals surface area (Å²) in [4.78, 5) is 26.6. The van der Waals surface area contributed by atoms with Gasteiger partial charge in [-0.3, -0.25) is 14.9 Å². The van der Waals surface area contributed by atoms with Crippen LogP contribution in [0.25, 0.3) is 11.7 Å². The maximum Gasteiger partial charge on any atom is 0.254 e. The van der Waals surface area contributed by atoms with Gasteiger partial charge in [-0.05, 0) is 12.1 Å². The van der Waals surface area contributed by atoms with Crippen LogP contribution in [0, 0.1) is 0 Å². The maximum absolute atomic E-state index is 11.4. The molecular formula is C11H7ClN4O2. The first-order chi connectivity index (χ1) is 8.63. The fourth-order valence-electron chi connectivity index (χ4n) is 1.77. The Morgan fingerprint density at radius 2 is 2.28 bits per heavy atom. The van der Waals surface area contributed by atoms with E-state index in [1.54, 1.807) is 29.1 Å². The van der Waals surface area contributed by atoms with Crippen LogP contribution in [0.2, 0.25) is 5.15 Å². The number of aromatic nitrogens is 3. The molecule has 1 fully saturated rings. The number of amides is 2. The van der Waals surface area contributed by atoms with E-state index in [-0.39, 0.29) is 18.2 Å². The molecule has 2 amide bonds. The fraction of sp³-hybridized carbons (Fsp3) is 0.0909. The van der Waals surface area contributed by atoms with Gasteiger partial charge in [-0.1, -0.05) is 11.6 Å². The van der Waals surface area contributed by atoms with Crippen LogP contribution in [0.3, 0.4) is 0 Å². The summed E-state index contributed by atoms with van der Waals surface area (Å²) in [6.45, 7) is 0. The third kappa shape index (κ3) is 1.76. The Morgan fingerprint density at radius 1 is 1.44 bits per heavy atom. The SMILES string of the molecule is O=C1CC(=Cc2cnn3ccc(Cl)nc23)C(=O)N1. The van der Waals surface area contributed by atoms with E-state index in [0.29, 0.717) is 21.9 Å². The molecule has 2 aromatic rings. The molecule has 2 aromatic heterocycles. The second kappa shape index (κ2) is 3.92. The van der Waals surface area contributed by atoms with Crippen LogP contribution in [-0.2, 0) is 9.59 Å². The zero-order valence-corrected chi connectivity index (χ0v) is 9.81. The van der Waals surface area contributed by atoms with E-state index in [9.17, 15) is 9.59 Å². The van der Waals surface area contributed by atoms with Gasteiger partial charge in [0.05, 0.1) is 12.6 Å². The van der Waals surface area contributed by atoms with Gasteiger partial charge >= 0.3 is 0 Å².